The molecule has 2 rings (SSSR count). The van der Waals surface area contributed by atoms with E-state index in [0.717, 1.165) is 45.7 Å². The van der Waals surface area contributed by atoms with Gasteiger partial charge in [-0.2, -0.15) is 4.98 Å². The van der Waals surface area contributed by atoms with E-state index >= 15 is 0 Å². The van der Waals surface area contributed by atoms with Crippen molar-refractivity contribution in [1.82, 2.24) is 19.9 Å². The van der Waals surface area contributed by atoms with Crippen LogP contribution in [0.2, 0.25) is 0 Å². The zero-order valence-corrected chi connectivity index (χ0v) is 11.2. The number of nitrogens with zero attached hydrogens (tertiary/aromatic N) is 4. The lowest BCUT2D eigenvalue weighted by Crippen LogP contribution is -2.48. The lowest BCUT2D eigenvalue weighted by atomic mass is 10.2. The Morgan fingerprint density at radius 2 is 1.94 bits per heavy atom. The molecule has 0 spiro atoms. The van der Waals surface area contributed by atoms with Crippen molar-refractivity contribution in [2.75, 3.05) is 32.7 Å². The number of aliphatic hydroxyl groups is 1. The molecule has 1 aromatic rings. The van der Waals surface area contributed by atoms with Crippen molar-refractivity contribution in [3.05, 3.63) is 11.7 Å². The largest absolute Gasteiger partial charge is 0.392 e. The number of β-amino-alcohol motifs (C(OH)–C–C–N with tert-alkyl or cyclic N) is 1. The Morgan fingerprint density at radius 1 is 1.28 bits per heavy atom. The Hall–Kier alpha value is -0.980. The Balaban J connectivity index is 1.73. The fourth-order valence-corrected chi connectivity index (χ4v) is 2.15. The number of hydrogen-bond donors (Lipinski definition) is 1. The van der Waals surface area contributed by atoms with Crippen LogP contribution < -0.4 is 0 Å². The third kappa shape index (κ3) is 3.76. The summed E-state index contributed by atoms with van der Waals surface area (Å²) in [5.41, 5.74) is 0. The van der Waals surface area contributed by atoms with Gasteiger partial charge in [0.25, 0.3) is 0 Å². The molecule has 0 amide bonds. The van der Waals surface area contributed by atoms with Gasteiger partial charge in [0.2, 0.25) is 5.89 Å². The van der Waals surface area contributed by atoms with Gasteiger partial charge in [-0.3, -0.25) is 9.80 Å². The average molecular weight is 254 g/mol. The highest BCUT2D eigenvalue weighted by molar-refractivity contribution is 4.84. The lowest BCUT2D eigenvalue weighted by molar-refractivity contribution is 0.0651. The maximum Gasteiger partial charge on any atom is 0.240 e. The molecule has 0 saturated carbocycles. The molecular weight excluding hydrogens is 232 g/mol. The van der Waals surface area contributed by atoms with Crippen molar-refractivity contribution >= 4 is 0 Å². The molecule has 1 aromatic heterocycles. The predicted octanol–water partition coefficient (Wildman–Crippen LogP) is 0.267. The zero-order valence-electron chi connectivity index (χ0n) is 11.2. The molecule has 6 heteroatoms. The number of aryl methyl sites for hydroxylation is 1. The first kappa shape index (κ1) is 13.5. The summed E-state index contributed by atoms with van der Waals surface area (Å²) in [6, 6.07) is 0. The van der Waals surface area contributed by atoms with Gasteiger partial charge in [0.1, 0.15) is 0 Å². The molecule has 0 bridgehead atoms. The van der Waals surface area contributed by atoms with Gasteiger partial charge in [0.05, 0.1) is 12.6 Å². The number of piperazine rings is 1. The van der Waals surface area contributed by atoms with E-state index in [1.807, 2.05) is 13.8 Å². The number of hydrogen-bond acceptors (Lipinski definition) is 6. The molecule has 1 N–H and O–H groups in total. The van der Waals surface area contributed by atoms with Crippen LogP contribution in [-0.4, -0.2) is 63.9 Å². The number of aliphatic hydroxyl groups excluding tert-OH is 1. The molecule has 1 aliphatic rings. The molecule has 0 aromatic carbocycles. The molecule has 0 unspecified atom stereocenters. The lowest BCUT2D eigenvalue weighted by Gasteiger charge is -2.34. The molecule has 1 saturated heterocycles. The highest BCUT2D eigenvalue weighted by Crippen LogP contribution is 2.08. The minimum Gasteiger partial charge on any atom is -0.392 e. The maximum atomic E-state index is 9.63. The summed E-state index contributed by atoms with van der Waals surface area (Å²) in [4.78, 5) is 8.83. The van der Waals surface area contributed by atoms with Crippen LogP contribution in [-0.2, 0) is 6.54 Å². The van der Waals surface area contributed by atoms with E-state index in [1.165, 1.54) is 0 Å². The SMILES string of the molecule is CC[C@@H](O)CN1CCN(Cc2nc(C)no2)CC1. The van der Waals surface area contributed by atoms with Crippen LogP contribution in [0.4, 0.5) is 0 Å². The van der Waals surface area contributed by atoms with Gasteiger partial charge in [-0.1, -0.05) is 12.1 Å². The van der Waals surface area contributed by atoms with E-state index in [2.05, 4.69) is 19.9 Å². The third-order valence-electron chi connectivity index (χ3n) is 3.33. The van der Waals surface area contributed by atoms with Gasteiger partial charge in [-0.15, -0.1) is 0 Å². The highest BCUT2D eigenvalue weighted by Gasteiger charge is 2.20. The summed E-state index contributed by atoms with van der Waals surface area (Å²) < 4.78 is 5.12. The second kappa shape index (κ2) is 6.26. The normalized spacial score (nSPS) is 20.2. The van der Waals surface area contributed by atoms with Gasteiger partial charge in [-0.25, -0.2) is 0 Å². The monoisotopic (exact) mass is 254 g/mol. The fourth-order valence-electron chi connectivity index (χ4n) is 2.15. The van der Waals surface area contributed by atoms with Gasteiger partial charge < -0.3 is 9.63 Å². The molecule has 18 heavy (non-hydrogen) atoms. The van der Waals surface area contributed by atoms with E-state index in [-0.39, 0.29) is 6.10 Å². The minimum absolute atomic E-state index is 0.199. The molecule has 102 valence electrons. The van der Waals surface area contributed by atoms with Crippen molar-refractivity contribution in [3.63, 3.8) is 0 Å². The van der Waals surface area contributed by atoms with Crippen LogP contribution >= 0.6 is 0 Å². The number of rotatable bonds is 5. The third-order valence-corrected chi connectivity index (χ3v) is 3.33. The van der Waals surface area contributed by atoms with E-state index < -0.39 is 0 Å². The van der Waals surface area contributed by atoms with Crippen molar-refractivity contribution < 1.29 is 9.63 Å². The second-order valence-electron chi connectivity index (χ2n) is 4.87. The van der Waals surface area contributed by atoms with Crippen LogP contribution in [0.3, 0.4) is 0 Å². The first-order valence-corrected chi connectivity index (χ1v) is 6.59. The first-order valence-electron chi connectivity index (χ1n) is 6.59. The molecule has 0 aliphatic carbocycles. The van der Waals surface area contributed by atoms with Crippen LogP contribution in [0.25, 0.3) is 0 Å². The van der Waals surface area contributed by atoms with Crippen LogP contribution in [0.1, 0.15) is 25.1 Å². The molecule has 2 heterocycles. The summed E-state index contributed by atoms with van der Waals surface area (Å²) in [6.45, 7) is 9.30. The summed E-state index contributed by atoms with van der Waals surface area (Å²) in [7, 11) is 0. The molecule has 1 aliphatic heterocycles. The van der Waals surface area contributed by atoms with E-state index in [1.54, 1.807) is 0 Å². The molecule has 1 fully saturated rings. The first-order chi connectivity index (χ1) is 8.67. The summed E-state index contributed by atoms with van der Waals surface area (Å²) in [5, 5.41) is 13.4. The van der Waals surface area contributed by atoms with Crippen LogP contribution in [0, 0.1) is 6.92 Å². The second-order valence-corrected chi connectivity index (χ2v) is 4.87. The Kier molecular flexibility index (Phi) is 4.68. The Labute approximate surface area is 108 Å². The average Bonchev–Trinajstić information content (AvgIpc) is 2.77. The standard InChI is InChI=1S/C12H22N4O2/c1-3-11(17)8-15-4-6-16(7-5-15)9-12-13-10(2)14-18-12/h11,17H,3-9H2,1-2H3/t11-/m1/s1. The summed E-state index contributed by atoms with van der Waals surface area (Å²) in [6.07, 6.45) is 0.622. The quantitative estimate of drug-likeness (QED) is 0.813. The number of aromatic nitrogens is 2. The molecule has 1 atom stereocenters. The van der Waals surface area contributed by atoms with Crippen LogP contribution in [0.15, 0.2) is 4.52 Å². The molecule has 6 nitrogen and oxygen atoms in total. The predicted molar refractivity (Wildman–Crippen MR) is 67.0 cm³/mol. The summed E-state index contributed by atoms with van der Waals surface area (Å²) in [5.74, 6) is 1.38. The van der Waals surface area contributed by atoms with Crippen molar-refractivity contribution in [2.24, 2.45) is 0 Å². The van der Waals surface area contributed by atoms with Gasteiger partial charge in [0.15, 0.2) is 5.82 Å². The van der Waals surface area contributed by atoms with E-state index in [4.69, 9.17) is 4.52 Å². The minimum atomic E-state index is -0.199. The topological polar surface area (TPSA) is 65.6 Å². The van der Waals surface area contributed by atoms with E-state index in [0.29, 0.717) is 11.7 Å². The summed E-state index contributed by atoms with van der Waals surface area (Å²) >= 11 is 0. The zero-order chi connectivity index (χ0) is 13.0. The fraction of sp³-hybridized carbons (Fsp3) is 0.833. The molecular formula is C12H22N4O2. The van der Waals surface area contributed by atoms with Crippen LogP contribution in [0.5, 0.6) is 0 Å². The smallest absolute Gasteiger partial charge is 0.240 e. The van der Waals surface area contributed by atoms with Crippen molar-refractivity contribution in [1.29, 1.82) is 0 Å². The van der Waals surface area contributed by atoms with Gasteiger partial charge >= 0.3 is 0 Å². The maximum absolute atomic E-state index is 9.63. The van der Waals surface area contributed by atoms with E-state index in [9.17, 15) is 5.11 Å². The Bertz CT molecular complexity index is 361. The molecule has 0 radical (unpaired) electrons. The van der Waals surface area contributed by atoms with Crippen molar-refractivity contribution in [2.45, 2.75) is 32.9 Å². The van der Waals surface area contributed by atoms with Gasteiger partial charge in [0, 0.05) is 32.7 Å². The highest BCUT2D eigenvalue weighted by atomic mass is 16.5. The van der Waals surface area contributed by atoms with Gasteiger partial charge in [-0.05, 0) is 13.3 Å². The van der Waals surface area contributed by atoms with Crippen molar-refractivity contribution in [3.8, 4) is 0 Å². The Morgan fingerprint density at radius 3 is 2.50 bits per heavy atom.